The summed E-state index contributed by atoms with van der Waals surface area (Å²) in [6.45, 7) is 11.7. The average molecular weight is 618 g/mol. The monoisotopic (exact) mass is 617 g/mol. The molecule has 1 aliphatic rings. The van der Waals surface area contributed by atoms with Gasteiger partial charge in [-0.2, -0.15) is 0 Å². The minimum Gasteiger partial charge on any atom is -0.476 e. The molecule has 0 aliphatic carbocycles. The molecular weight excluding hydrogens is 574 g/mol. The summed E-state index contributed by atoms with van der Waals surface area (Å²) in [7, 11) is 0. The molecule has 0 aromatic heterocycles. The number of ketones is 1. The van der Waals surface area contributed by atoms with Crippen LogP contribution >= 0.6 is 11.8 Å². The third-order valence-electron chi connectivity index (χ3n) is 7.87. The molecule has 2 atom stereocenters. The molecule has 1 amide bonds. The maximum absolute atomic E-state index is 13.8. The summed E-state index contributed by atoms with van der Waals surface area (Å²) in [5.41, 5.74) is 2.47. The van der Waals surface area contributed by atoms with Gasteiger partial charge >= 0.3 is 12.1 Å². The van der Waals surface area contributed by atoms with Crippen LogP contribution in [-0.4, -0.2) is 53.8 Å². The Bertz CT molecular complexity index is 1440. The van der Waals surface area contributed by atoms with Crippen molar-refractivity contribution in [2.75, 3.05) is 19.3 Å². The van der Waals surface area contributed by atoms with E-state index < -0.39 is 17.7 Å². The van der Waals surface area contributed by atoms with Gasteiger partial charge in [-0.05, 0) is 108 Å². The lowest BCUT2D eigenvalue weighted by Crippen LogP contribution is -2.41. The Balaban J connectivity index is 1.50. The van der Waals surface area contributed by atoms with Crippen molar-refractivity contribution in [1.29, 1.82) is 0 Å². The van der Waals surface area contributed by atoms with Crippen LogP contribution in [0.15, 0.2) is 71.6 Å². The molecule has 234 valence electrons. The number of thioether (sulfide) groups is 1. The Labute approximate surface area is 265 Å². The van der Waals surface area contributed by atoms with Gasteiger partial charge in [0.2, 0.25) is 0 Å². The fourth-order valence-corrected chi connectivity index (χ4v) is 5.99. The number of hydrogen-bond donors (Lipinski definition) is 0. The summed E-state index contributed by atoms with van der Waals surface area (Å²) in [5.74, 6) is 0.403. The van der Waals surface area contributed by atoms with Crippen molar-refractivity contribution in [3.63, 3.8) is 0 Å². The Morgan fingerprint density at radius 2 is 1.59 bits per heavy atom. The lowest BCUT2D eigenvalue weighted by Gasteiger charge is -2.27. The number of esters is 1. The first-order valence-corrected chi connectivity index (χ1v) is 16.3. The number of hydrogen-bond acceptors (Lipinski definition) is 7. The van der Waals surface area contributed by atoms with E-state index in [-0.39, 0.29) is 23.7 Å². The van der Waals surface area contributed by atoms with E-state index in [4.69, 9.17) is 14.2 Å². The predicted molar refractivity (Wildman–Crippen MR) is 174 cm³/mol. The van der Waals surface area contributed by atoms with Crippen LogP contribution in [0.5, 0.6) is 11.5 Å². The van der Waals surface area contributed by atoms with Gasteiger partial charge < -0.3 is 19.1 Å². The van der Waals surface area contributed by atoms with E-state index in [0.29, 0.717) is 30.2 Å². The summed E-state index contributed by atoms with van der Waals surface area (Å²) in [4.78, 5) is 42.2. The van der Waals surface area contributed by atoms with E-state index in [1.807, 2.05) is 76.4 Å². The maximum Gasteiger partial charge on any atom is 0.415 e. The molecule has 1 aliphatic heterocycles. The first-order valence-electron chi connectivity index (χ1n) is 15.1. The van der Waals surface area contributed by atoms with E-state index in [0.717, 1.165) is 34.4 Å². The van der Waals surface area contributed by atoms with Crippen molar-refractivity contribution in [3.05, 3.63) is 89.0 Å². The number of carbonyl (C=O) groups is 3. The molecule has 3 aromatic carbocycles. The number of rotatable bonds is 11. The second kappa shape index (κ2) is 14.3. The smallest absolute Gasteiger partial charge is 0.415 e. The minimum absolute atomic E-state index is 0.0349. The molecule has 0 radical (unpaired) electrons. The van der Waals surface area contributed by atoms with Crippen LogP contribution in [-0.2, 0) is 16.0 Å². The molecule has 0 N–H and O–H groups in total. The van der Waals surface area contributed by atoms with Crippen LogP contribution in [0.4, 0.5) is 4.79 Å². The van der Waals surface area contributed by atoms with Crippen molar-refractivity contribution in [2.24, 2.45) is 11.8 Å². The van der Waals surface area contributed by atoms with Crippen molar-refractivity contribution >= 4 is 29.6 Å². The number of nitrogens with zero attached hydrogens (tertiary/aromatic N) is 1. The number of para-hydroxylation sites is 1. The summed E-state index contributed by atoms with van der Waals surface area (Å²) in [6.07, 6.45) is 2.78. The quantitative estimate of drug-likeness (QED) is 0.124. The number of likely N-dealkylation sites (tertiary alicyclic amines) is 1. The van der Waals surface area contributed by atoms with Crippen LogP contribution < -0.4 is 9.47 Å². The molecular formula is C36H43NO6S. The third-order valence-corrected chi connectivity index (χ3v) is 8.62. The highest BCUT2D eigenvalue weighted by atomic mass is 32.2. The Morgan fingerprint density at radius 3 is 2.18 bits per heavy atom. The summed E-state index contributed by atoms with van der Waals surface area (Å²) >= 11 is 1.63. The lowest BCUT2D eigenvalue weighted by atomic mass is 9.84. The zero-order valence-electron chi connectivity index (χ0n) is 26.7. The fourth-order valence-electron chi connectivity index (χ4n) is 5.58. The SMILES string of the molecule is CSc1ccc(C(=O)C2CN(C(=O)Oc3ccccc3)CC2CCc2cc(C)c(OC(C)(C)C(=O)OC(C)C)c(C)c2)cc1. The first-order chi connectivity index (χ1) is 20.9. The number of ether oxygens (including phenoxy) is 3. The predicted octanol–water partition coefficient (Wildman–Crippen LogP) is 7.70. The van der Waals surface area contributed by atoms with Crippen LogP contribution in [0.2, 0.25) is 0 Å². The number of aryl methyl sites for hydroxylation is 3. The molecule has 8 heteroatoms. The average Bonchev–Trinajstić information content (AvgIpc) is 3.42. The van der Waals surface area contributed by atoms with E-state index in [1.54, 1.807) is 42.6 Å². The molecule has 0 saturated carbocycles. The molecule has 3 aromatic rings. The molecule has 44 heavy (non-hydrogen) atoms. The van der Waals surface area contributed by atoms with Gasteiger partial charge in [-0.15, -0.1) is 11.8 Å². The molecule has 0 bridgehead atoms. The zero-order chi connectivity index (χ0) is 32.0. The van der Waals surface area contributed by atoms with E-state index in [9.17, 15) is 14.4 Å². The molecule has 7 nitrogen and oxygen atoms in total. The van der Waals surface area contributed by atoms with E-state index in [2.05, 4.69) is 12.1 Å². The topological polar surface area (TPSA) is 82.1 Å². The zero-order valence-corrected chi connectivity index (χ0v) is 27.5. The second-order valence-electron chi connectivity index (χ2n) is 12.2. The third kappa shape index (κ3) is 8.23. The normalized spacial score (nSPS) is 16.6. The summed E-state index contributed by atoms with van der Waals surface area (Å²) in [5, 5.41) is 0. The number of amides is 1. The van der Waals surface area contributed by atoms with Crippen LogP contribution in [0.25, 0.3) is 0 Å². The number of Topliss-reactive ketones (excluding diaryl/α,β-unsaturated/α-hetero) is 1. The van der Waals surface area contributed by atoms with Crippen LogP contribution in [0, 0.1) is 25.7 Å². The van der Waals surface area contributed by atoms with Crippen molar-refractivity contribution in [2.45, 2.75) is 71.0 Å². The lowest BCUT2D eigenvalue weighted by molar-refractivity contribution is -0.163. The van der Waals surface area contributed by atoms with Crippen LogP contribution in [0.3, 0.4) is 0 Å². The highest BCUT2D eigenvalue weighted by Crippen LogP contribution is 2.34. The van der Waals surface area contributed by atoms with E-state index >= 15 is 0 Å². The number of benzene rings is 3. The van der Waals surface area contributed by atoms with Gasteiger partial charge in [0.05, 0.1) is 6.10 Å². The van der Waals surface area contributed by atoms with Gasteiger partial charge in [0.1, 0.15) is 11.5 Å². The Morgan fingerprint density at radius 1 is 0.955 bits per heavy atom. The molecule has 0 spiro atoms. The maximum atomic E-state index is 13.8. The molecule has 1 saturated heterocycles. The largest absolute Gasteiger partial charge is 0.476 e. The van der Waals surface area contributed by atoms with Crippen molar-refractivity contribution in [1.82, 2.24) is 4.90 Å². The van der Waals surface area contributed by atoms with Gasteiger partial charge in [-0.1, -0.05) is 42.5 Å². The highest BCUT2D eigenvalue weighted by Gasteiger charge is 2.40. The standard InChI is InChI=1S/C36H43NO6S/c1-23(2)41-34(39)36(5,6)43-33-24(3)19-26(20-25(33)4)13-14-28-21-37(35(40)42-29-11-9-8-10-12-29)22-31(28)32(38)27-15-17-30(44-7)18-16-27/h8-12,15-20,23,28,31H,13-14,21-22H2,1-7H3. The van der Waals surface area contributed by atoms with Crippen molar-refractivity contribution < 1.29 is 28.6 Å². The highest BCUT2D eigenvalue weighted by molar-refractivity contribution is 7.98. The van der Waals surface area contributed by atoms with Gasteiger partial charge in [0.15, 0.2) is 11.4 Å². The van der Waals surface area contributed by atoms with Gasteiger partial charge in [-0.25, -0.2) is 9.59 Å². The summed E-state index contributed by atoms with van der Waals surface area (Å²) in [6, 6.07) is 20.8. The molecule has 1 fully saturated rings. The first kappa shape index (κ1) is 33.1. The van der Waals surface area contributed by atoms with Gasteiger partial charge in [-0.3, -0.25) is 4.79 Å². The molecule has 1 heterocycles. The second-order valence-corrected chi connectivity index (χ2v) is 13.1. The summed E-state index contributed by atoms with van der Waals surface area (Å²) < 4.78 is 17.2. The Kier molecular flexibility index (Phi) is 10.8. The van der Waals surface area contributed by atoms with Gasteiger partial charge in [0.25, 0.3) is 0 Å². The van der Waals surface area contributed by atoms with Crippen LogP contribution in [0.1, 0.15) is 61.2 Å². The van der Waals surface area contributed by atoms with Crippen molar-refractivity contribution in [3.8, 4) is 11.5 Å². The van der Waals surface area contributed by atoms with Gasteiger partial charge in [0, 0.05) is 29.5 Å². The molecule has 2 unspecified atom stereocenters. The minimum atomic E-state index is -1.13. The fraction of sp³-hybridized carbons (Fsp3) is 0.417. The number of carbonyl (C=O) groups excluding carboxylic acids is 3. The molecule has 4 rings (SSSR count). The Hall–Kier alpha value is -3.78. The van der Waals surface area contributed by atoms with E-state index in [1.165, 1.54) is 0 Å².